The zero-order valence-corrected chi connectivity index (χ0v) is 14.2. The number of rotatable bonds is 4. The fourth-order valence-electron chi connectivity index (χ4n) is 5.37. The molecule has 1 heterocycles. The van der Waals surface area contributed by atoms with Gasteiger partial charge in [0, 0.05) is 23.9 Å². The van der Waals surface area contributed by atoms with Gasteiger partial charge >= 0.3 is 5.97 Å². The van der Waals surface area contributed by atoms with Gasteiger partial charge in [-0.2, -0.15) is 0 Å². The number of hydrogen-bond donors (Lipinski definition) is 0. The molecular weight excluding hydrogens is 336 g/mol. The number of alkyl halides is 2. The molecule has 0 radical (unpaired) electrons. The van der Waals surface area contributed by atoms with E-state index < -0.39 is 23.2 Å². The Morgan fingerprint density at radius 1 is 1.12 bits per heavy atom. The Balaban J connectivity index is 1.33. The number of fused-ring (bicyclic) bond motifs is 1. The van der Waals surface area contributed by atoms with Crippen LogP contribution < -0.4 is 0 Å². The van der Waals surface area contributed by atoms with Crippen molar-refractivity contribution < 1.29 is 18.3 Å². The molecule has 0 amide bonds. The van der Waals surface area contributed by atoms with Crippen molar-refractivity contribution in [1.29, 1.82) is 0 Å². The van der Waals surface area contributed by atoms with Crippen molar-refractivity contribution in [2.75, 3.05) is 6.61 Å². The van der Waals surface area contributed by atoms with E-state index in [4.69, 9.17) is 4.74 Å². The molecule has 1 aromatic carbocycles. The first kappa shape index (κ1) is 15.9. The quantitative estimate of drug-likeness (QED) is 0.753. The maximum absolute atomic E-state index is 14.7. The number of pyridine rings is 1. The van der Waals surface area contributed by atoms with Gasteiger partial charge in [-0.25, -0.2) is 13.6 Å². The zero-order chi connectivity index (χ0) is 17.9. The number of ether oxygens (including phenoxy) is 1. The second kappa shape index (κ2) is 5.35. The Morgan fingerprint density at radius 3 is 2.62 bits per heavy atom. The van der Waals surface area contributed by atoms with Crippen molar-refractivity contribution in [3.05, 3.63) is 54.4 Å². The molecule has 4 unspecified atom stereocenters. The summed E-state index contributed by atoms with van der Waals surface area (Å²) < 4.78 is 34.7. The second-order valence-corrected chi connectivity index (χ2v) is 7.79. The standard InChI is InChI=1S/C21H19F2NO2/c22-21(23)16-6-7-17-18(9-16)20(17,21)12-26-19(25)15-8-14(10-24-11-15)13-4-2-1-3-5-13/h1-5,8,10-11,16-18H,6-7,9,12H2. The average molecular weight is 355 g/mol. The average Bonchev–Trinajstić information content (AvgIpc) is 3.30. The van der Waals surface area contributed by atoms with Crippen LogP contribution >= 0.6 is 0 Å². The normalized spacial score (nSPS) is 32.9. The molecule has 4 aliphatic rings. The van der Waals surface area contributed by atoms with Gasteiger partial charge in [-0.05, 0) is 42.7 Å². The number of carbonyl (C=O) groups is 1. The molecule has 0 aliphatic heterocycles. The van der Waals surface area contributed by atoms with Crippen LogP contribution in [-0.4, -0.2) is 23.5 Å². The topological polar surface area (TPSA) is 39.2 Å². The predicted octanol–water partition coefficient (Wildman–Crippen LogP) is 4.59. The van der Waals surface area contributed by atoms with Crippen LogP contribution in [0, 0.1) is 23.2 Å². The summed E-state index contributed by atoms with van der Waals surface area (Å²) in [6.45, 7) is -0.180. The van der Waals surface area contributed by atoms with Gasteiger partial charge in [0.25, 0.3) is 5.92 Å². The molecule has 4 fully saturated rings. The van der Waals surface area contributed by atoms with Crippen molar-refractivity contribution in [3.63, 3.8) is 0 Å². The minimum absolute atomic E-state index is 0.0177. The minimum atomic E-state index is -2.70. The lowest BCUT2D eigenvalue weighted by molar-refractivity contribution is -0.142. The molecule has 0 saturated heterocycles. The molecule has 26 heavy (non-hydrogen) atoms. The third-order valence-corrected chi connectivity index (χ3v) is 6.72. The van der Waals surface area contributed by atoms with Crippen LogP contribution in [0.2, 0.25) is 0 Å². The summed E-state index contributed by atoms with van der Waals surface area (Å²) in [5.41, 5.74) is 0.935. The highest BCUT2D eigenvalue weighted by atomic mass is 19.3. The van der Waals surface area contributed by atoms with Crippen molar-refractivity contribution in [3.8, 4) is 11.1 Å². The van der Waals surface area contributed by atoms with E-state index in [1.165, 1.54) is 6.20 Å². The van der Waals surface area contributed by atoms with E-state index in [0.29, 0.717) is 18.4 Å². The van der Waals surface area contributed by atoms with Gasteiger partial charge in [-0.3, -0.25) is 4.98 Å². The molecule has 134 valence electrons. The summed E-state index contributed by atoms with van der Waals surface area (Å²) in [6, 6.07) is 11.3. The van der Waals surface area contributed by atoms with Gasteiger partial charge in [0.1, 0.15) is 6.61 Å². The van der Waals surface area contributed by atoms with Gasteiger partial charge in [0.15, 0.2) is 0 Å². The van der Waals surface area contributed by atoms with E-state index in [-0.39, 0.29) is 18.4 Å². The Hall–Kier alpha value is -2.30. The van der Waals surface area contributed by atoms with E-state index >= 15 is 0 Å². The Labute approximate surface area is 150 Å². The fourth-order valence-corrected chi connectivity index (χ4v) is 5.37. The molecule has 4 bridgehead atoms. The van der Waals surface area contributed by atoms with Crippen molar-refractivity contribution >= 4 is 5.97 Å². The van der Waals surface area contributed by atoms with Crippen LogP contribution in [0.25, 0.3) is 11.1 Å². The molecule has 0 N–H and O–H groups in total. The van der Waals surface area contributed by atoms with Crippen LogP contribution in [0.3, 0.4) is 0 Å². The Kier molecular flexibility index (Phi) is 3.27. The van der Waals surface area contributed by atoms with Gasteiger partial charge in [0.05, 0.1) is 11.0 Å². The monoisotopic (exact) mass is 355 g/mol. The van der Waals surface area contributed by atoms with E-state index in [9.17, 15) is 13.6 Å². The fraction of sp³-hybridized carbons (Fsp3) is 0.429. The third kappa shape index (κ3) is 2.03. The summed E-state index contributed by atoms with van der Waals surface area (Å²) in [7, 11) is 0. The smallest absolute Gasteiger partial charge is 0.339 e. The molecule has 0 spiro atoms. The zero-order valence-electron chi connectivity index (χ0n) is 14.2. The summed E-state index contributed by atoms with van der Waals surface area (Å²) in [4.78, 5) is 16.6. The van der Waals surface area contributed by atoms with Gasteiger partial charge in [0.2, 0.25) is 0 Å². The summed E-state index contributed by atoms with van der Waals surface area (Å²) in [6.07, 6.45) is 5.13. The number of benzene rings is 1. The van der Waals surface area contributed by atoms with E-state index in [1.807, 2.05) is 30.3 Å². The number of esters is 1. The number of hydrogen-bond acceptors (Lipinski definition) is 3. The van der Waals surface area contributed by atoms with E-state index in [2.05, 4.69) is 4.98 Å². The third-order valence-electron chi connectivity index (χ3n) is 6.72. The molecular formula is C21H19F2NO2. The molecule has 4 aliphatic carbocycles. The van der Waals surface area contributed by atoms with Crippen LogP contribution in [0.5, 0.6) is 0 Å². The number of halogens is 2. The van der Waals surface area contributed by atoms with Crippen molar-refractivity contribution in [2.24, 2.45) is 23.2 Å². The molecule has 1 aromatic heterocycles. The first-order valence-electron chi connectivity index (χ1n) is 9.09. The summed E-state index contributed by atoms with van der Waals surface area (Å²) >= 11 is 0. The molecule has 6 rings (SSSR count). The minimum Gasteiger partial charge on any atom is -0.461 e. The lowest BCUT2D eigenvalue weighted by atomic mass is 9.78. The summed E-state index contributed by atoms with van der Waals surface area (Å²) in [5.74, 6) is -3.76. The van der Waals surface area contributed by atoms with Crippen LogP contribution in [0.1, 0.15) is 29.6 Å². The highest BCUT2D eigenvalue weighted by molar-refractivity contribution is 5.90. The van der Waals surface area contributed by atoms with Crippen LogP contribution in [0.4, 0.5) is 8.78 Å². The van der Waals surface area contributed by atoms with E-state index in [1.54, 1.807) is 12.3 Å². The molecule has 5 heteroatoms. The van der Waals surface area contributed by atoms with E-state index in [0.717, 1.165) is 17.5 Å². The van der Waals surface area contributed by atoms with Crippen molar-refractivity contribution in [2.45, 2.75) is 25.2 Å². The maximum Gasteiger partial charge on any atom is 0.339 e. The van der Waals surface area contributed by atoms with Crippen LogP contribution in [0.15, 0.2) is 48.8 Å². The number of aromatic nitrogens is 1. The molecule has 4 atom stereocenters. The predicted molar refractivity (Wildman–Crippen MR) is 91.7 cm³/mol. The van der Waals surface area contributed by atoms with Crippen molar-refractivity contribution in [1.82, 2.24) is 4.98 Å². The number of carbonyl (C=O) groups excluding carboxylic acids is 1. The first-order valence-corrected chi connectivity index (χ1v) is 9.09. The maximum atomic E-state index is 14.7. The van der Waals surface area contributed by atoms with Gasteiger partial charge in [-0.1, -0.05) is 30.3 Å². The van der Waals surface area contributed by atoms with Crippen LogP contribution in [-0.2, 0) is 4.74 Å². The molecule has 4 saturated carbocycles. The Morgan fingerprint density at radius 2 is 1.92 bits per heavy atom. The summed E-state index contributed by atoms with van der Waals surface area (Å²) in [5, 5.41) is 0. The SMILES string of the molecule is O=C(OCC12C3CCC(CC31)C2(F)F)c1cncc(-c2ccccc2)c1. The molecule has 3 nitrogen and oxygen atoms in total. The lowest BCUT2D eigenvalue weighted by Gasteiger charge is -2.35. The highest BCUT2D eigenvalue weighted by Crippen LogP contribution is 2.81. The largest absolute Gasteiger partial charge is 0.461 e. The molecule has 2 aromatic rings. The highest BCUT2D eigenvalue weighted by Gasteiger charge is 2.85. The first-order chi connectivity index (χ1) is 12.5. The lowest BCUT2D eigenvalue weighted by Crippen LogP contribution is -2.42. The Bertz CT molecular complexity index is 863. The number of nitrogens with zero attached hydrogens (tertiary/aromatic N) is 1. The van der Waals surface area contributed by atoms with Gasteiger partial charge < -0.3 is 4.74 Å². The second-order valence-electron chi connectivity index (χ2n) is 7.79. The van der Waals surface area contributed by atoms with Gasteiger partial charge in [-0.15, -0.1) is 0 Å².